The lowest BCUT2D eigenvalue weighted by atomic mass is 9.93. The molecule has 0 saturated heterocycles. The van der Waals surface area contributed by atoms with Crippen LogP contribution in [0.4, 0.5) is 0 Å². The predicted octanol–water partition coefficient (Wildman–Crippen LogP) is 2.77. The summed E-state index contributed by atoms with van der Waals surface area (Å²) in [4.78, 5) is 46.0. The van der Waals surface area contributed by atoms with Gasteiger partial charge in [0.2, 0.25) is 5.91 Å². The summed E-state index contributed by atoms with van der Waals surface area (Å²) in [5.74, 6) is 0.280. The van der Waals surface area contributed by atoms with Gasteiger partial charge in [0.05, 0.1) is 27.1 Å². The second kappa shape index (κ2) is 11.4. The van der Waals surface area contributed by atoms with Crippen molar-refractivity contribution in [1.29, 1.82) is 0 Å². The van der Waals surface area contributed by atoms with E-state index < -0.39 is 17.4 Å². The van der Waals surface area contributed by atoms with E-state index in [-0.39, 0.29) is 30.4 Å². The summed E-state index contributed by atoms with van der Waals surface area (Å²) in [6, 6.07) is 14.8. The van der Waals surface area contributed by atoms with Crippen molar-refractivity contribution in [3.05, 3.63) is 77.4 Å². The number of nitrogens with zero attached hydrogens (tertiary/aromatic N) is 3. The molecule has 2 heterocycles. The molecule has 0 saturated carbocycles. The number of aromatic nitrogens is 2. The molecule has 10 heteroatoms. The first-order valence-electron chi connectivity index (χ1n) is 12.5. The molecule has 10 nitrogen and oxygen atoms in total. The zero-order valence-electron chi connectivity index (χ0n) is 22.1. The largest absolute Gasteiger partial charge is 0.497 e. The Morgan fingerprint density at radius 1 is 1.00 bits per heavy atom. The third-order valence-corrected chi connectivity index (χ3v) is 6.71. The second-order valence-electron chi connectivity index (χ2n) is 9.37. The molecule has 0 bridgehead atoms. The Bertz CT molecular complexity index is 1320. The Morgan fingerprint density at radius 3 is 2.39 bits per heavy atom. The summed E-state index contributed by atoms with van der Waals surface area (Å²) in [5, 5.41) is 5.80. The normalized spacial score (nSPS) is 16.5. The molecule has 0 spiro atoms. The van der Waals surface area contributed by atoms with Crippen molar-refractivity contribution in [3.63, 3.8) is 0 Å². The summed E-state index contributed by atoms with van der Waals surface area (Å²) in [7, 11) is 3.18. The highest BCUT2D eigenvalue weighted by Crippen LogP contribution is 2.29. The van der Waals surface area contributed by atoms with Gasteiger partial charge in [-0.3, -0.25) is 14.4 Å². The molecule has 0 unspecified atom stereocenters. The molecular weight excluding hydrogens is 486 g/mol. The summed E-state index contributed by atoms with van der Waals surface area (Å²) >= 11 is 0. The van der Waals surface area contributed by atoms with Crippen LogP contribution in [0.5, 0.6) is 11.5 Å². The zero-order chi connectivity index (χ0) is 27.3. The Balaban J connectivity index is 1.51. The maximum atomic E-state index is 13.7. The molecule has 3 amide bonds. The van der Waals surface area contributed by atoms with Crippen LogP contribution in [-0.4, -0.2) is 58.5 Å². The average molecular weight is 520 g/mol. The van der Waals surface area contributed by atoms with Crippen molar-refractivity contribution < 1.29 is 23.9 Å². The van der Waals surface area contributed by atoms with Crippen LogP contribution in [0.1, 0.15) is 52.4 Å². The smallest absolute Gasteiger partial charge is 0.273 e. The van der Waals surface area contributed by atoms with Crippen molar-refractivity contribution in [3.8, 4) is 11.5 Å². The van der Waals surface area contributed by atoms with Crippen LogP contribution in [0.25, 0.3) is 0 Å². The van der Waals surface area contributed by atoms with Crippen LogP contribution in [0.3, 0.4) is 0 Å². The third-order valence-electron chi connectivity index (χ3n) is 6.71. The van der Waals surface area contributed by atoms with Crippen LogP contribution in [0.2, 0.25) is 0 Å². The fourth-order valence-electron chi connectivity index (χ4n) is 4.59. The quantitative estimate of drug-likeness (QED) is 0.426. The SMILES string of the molecule is CCCN1C(=O)c2c(C(=O)NCc3cccc(OC)c3)ncn2C[C@@]1(C)C(=O)NCc1ccc(OC)cc1. The van der Waals surface area contributed by atoms with Gasteiger partial charge < -0.3 is 29.6 Å². The Labute approximate surface area is 221 Å². The standard InChI is InChI=1S/C28H33N5O5/c1-5-13-33-26(35)24-23(25(34)29-16-20-7-6-8-22(14-20)38-4)31-18-32(24)17-28(33,2)27(36)30-15-19-9-11-21(37-3)12-10-19/h6-12,14,18H,5,13,15-17H2,1-4H3,(H,29,34)(H,30,36)/t28-/m0/s1. The molecule has 1 aliphatic rings. The first-order chi connectivity index (χ1) is 18.3. The minimum atomic E-state index is -1.15. The van der Waals surface area contributed by atoms with Crippen LogP contribution in [-0.2, 0) is 24.4 Å². The molecule has 4 rings (SSSR count). The van der Waals surface area contributed by atoms with Gasteiger partial charge >= 0.3 is 0 Å². The first-order valence-corrected chi connectivity index (χ1v) is 12.5. The number of imidazole rings is 1. The number of nitrogens with one attached hydrogen (secondary N) is 2. The van der Waals surface area contributed by atoms with Gasteiger partial charge in [-0.15, -0.1) is 0 Å². The van der Waals surface area contributed by atoms with Crippen molar-refractivity contribution in [2.24, 2.45) is 0 Å². The fraction of sp³-hybridized carbons (Fsp3) is 0.357. The highest BCUT2D eigenvalue weighted by atomic mass is 16.5. The van der Waals surface area contributed by atoms with Gasteiger partial charge in [-0.2, -0.15) is 0 Å². The number of amides is 3. The van der Waals surface area contributed by atoms with Crippen LogP contribution in [0.15, 0.2) is 54.9 Å². The maximum absolute atomic E-state index is 13.7. The van der Waals surface area contributed by atoms with E-state index in [0.29, 0.717) is 25.3 Å². The van der Waals surface area contributed by atoms with Crippen molar-refractivity contribution in [1.82, 2.24) is 25.1 Å². The van der Waals surface area contributed by atoms with Gasteiger partial charge in [-0.05, 0) is 48.7 Å². The van der Waals surface area contributed by atoms with Crippen molar-refractivity contribution in [2.75, 3.05) is 20.8 Å². The number of carbonyl (C=O) groups excluding carboxylic acids is 3. The Kier molecular flexibility index (Phi) is 7.99. The van der Waals surface area contributed by atoms with E-state index in [1.807, 2.05) is 55.5 Å². The predicted molar refractivity (Wildman–Crippen MR) is 141 cm³/mol. The van der Waals surface area contributed by atoms with E-state index in [1.54, 1.807) is 30.6 Å². The third kappa shape index (κ3) is 5.34. The van der Waals surface area contributed by atoms with Gasteiger partial charge in [-0.1, -0.05) is 31.2 Å². The lowest BCUT2D eigenvalue weighted by Gasteiger charge is -2.43. The van der Waals surface area contributed by atoms with E-state index in [4.69, 9.17) is 9.47 Å². The molecule has 200 valence electrons. The van der Waals surface area contributed by atoms with Crippen molar-refractivity contribution in [2.45, 2.75) is 45.4 Å². The summed E-state index contributed by atoms with van der Waals surface area (Å²) in [6.45, 7) is 4.79. The lowest BCUT2D eigenvalue weighted by Crippen LogP contribution is -2.64. The van der Waals surface area contributed by atoms with Gasteiger partial charge in [0.1, 0.15) is 22.7 Å². The number of fused-ring (bicyclic) bond motifs is 1. The molecule has 1 atom stereocenters. The number of benzene rings is 2. The van der Waals surface area contributed by atoms with Crippen LogP contribution >= 0.6 is 0 Å². The molecule has 0 fully saturated rings. The highest BCUT2D eigenvalue weighted by molar-refractivity contribution is 6.07. The van der Waals surface area contributed by atoms with E-state index in [2.05, 4.69) is 15.6 Å². The average Bonchev–Trinajstić information content (AvgIpc) is 3.36. The molecule has 38 heavy (non-hydrogen) atoms. The Morgan fingerprint density at radius 2 is 1.71 bits per heavy atom. The van der Waals surface area contributed by atoms with Crippen molar-refractivity contribution >= 4 is 17.7 Å². The molecule has 0 aliphatic carbocycles. The molecule has 1 aliphatic heterocycles. The van der Waals surface area contributed by atoms with Gasteiger partial charge in [0.15, 0.2) is 5.69 Å². The number of carbonyl (C=O) groups is 3. The highest BCUT2D eigenvalue weighted by Gasteiger charge is 2.48. The molecule has 2 aromatic carbocycles. The van der Waals surface area contributed by atoms with Crippen LogP contribution < -0.4 is 20.1 Å². The molecule has 0 radical (unpaired) electrons. The van der Waals surface area contributed by atoms with E-state index in [0.717, 1.165) is 16.9 Å². The fourth-order valence-corrected chi connectivity index (χ4v) is 4.59. The van der Waals surface area contributed by atoms with E-state index >= 15 is 0 Å². The number of ether oxygens (including phenoxy) is 2. The molecule has 3 aromatic rings. The lowest BCUT2D eigenvalue weighted by molar-refractivity contribution is -0.133. The number of rotatable bonds is 10. The number of hydrogen-bond acceptors (Lipinski definition) is 6. The molecule has 2 N–H and O–H groups in total. The molecule has 1 aromatic heterocycles. The summed E-state index contributed by atoms with van der Waals surface area (Å²) < 4.78 is 12.0. The van der Waals surface area contributed by atoms with Crippen LogP contribution in [0, 0.1) is 0 Å². The number of methoxy groups -OCH3 is 2. The van der Waals surface area contributed by atoms with E-state index in [1.165, 1.54) is 6.33 Å². The maximum Gasteiger partial charge on any atom is 0.273 e. The number of hydrogen-bond donors (Lipinski definition) is 2. The summed E-state index contributed by atoms with van der Waals surface area (Å²) in [5.41, 5.74) is 0.833. The van der Waals surface area contributed by atoms with Gasteiger partial charge in [-0.25, -0.2) is 4.98 Å². The Hall–Kier alpha value is -4.34. The van der Waals surface area contributed by atoms with E-state index in [9.17, 15) is 14.4 Å². The second-order valence-corrected chi connectivity index (χ2v) is 9.37. The van der Waals surface area contributed by atoms with Gasteiger partial charge in [0, 0.05) is 19.6 Å². The molecular formula is C28H33N5O5. The zero-order valence-corrected chi connectivity index (χ0v) is 22.1. The monoisotopic (exact) mass is 519 g/mol. The van der Waals surface area contributed by atoms with Gasteiger partial charge in [0.25, 0.3) is 11.8 Å². The minimum Gasteiger partial charge on any atom is -0.497 e. The summed E-state index contributed by atoms with van der Waals surface area (Å²) in [6.07, 6.45) is 2.10. The minimum absolute atomic E-state index is 0.0414. The first kappa shape index (κ1) is 26.7. The topological polar surface area (TPSA) is 115 Å².